The average Bonchev–Trinajstić information content (AvgIpc) is 2.40. The summed E-state index contributed by atoms with van der Waals surface area (Å²) in [6, 6.07) is 15.1. The van der Waals surface area contributed by atoms with Crippen LogP contribution in [0.3, 0.4) is 0 Å². The lowest BCUT2D eigenvalue weighted by atomic mass is 10.1. The van der Waals surface area contributed by atoms with E-state index in [1.807, 2.05) is 18.3 Å². The molecule has 1 atom stereocenters. The SMILES string of the molecule is Cc1ccc([C@@H](C)NCCc2ccccn2)cc1. The van der Waals surface area contributed by atoms with Gasteiger partial charge in [-0.15, -0.1) is 0 Å². The molecule has 0 amide bonds. The number of benzene rings is 1. The first-order valence-electron chi connectivity index (χ1n) is 6.45. The Labute approximate surface area is 109 Å². The lowest BCUT2D eigenvalue weighted by Crippen LogP contribution is -2.21. The van der Waals surface area contributed by atoms with Crippen LogP contribution in [0.5, 0.6) is 0 Å². The maximum Gasteiger partial charge on any atom is 0.0416 e. The van der Waals surface area contributed by atoms with Crippen molar-refractivity contribution in [1.29, 1.82) is 0 Å². The van der Waals surface area contributed by atoms with E-state index in [9.17, 15) is 0 Å². The zero-order chi connectivity index (χ0) is 12.8. The summed E-state index contributed by atoms with van der Waals surface area (Å²) in [6.07, 6.45) is 2.82. The number of pyridine rings is 1. The molecule has 0 fully saturated rings. The van der Waals surface area contributed by atoms with Crippen molar-refractivity contribution in [2.24, 2.45) is 0 Å². The molecular weight excluding hydrogens is 220 g/mol. The molecule has 1 N–H and O–H groups in total. The van der Waals surface area contributed by atoms with Gasteiger partial charge >= 0.3 is 0 Å². The average molecular weight is 240 g/mol. The van der Waals surface area contributed by atoms with Gasteiger partial charge < -0.3 is 5.32 Å². The van der Waals surface area contributed by atoms with Crippen molar-refractivity contribution in [2.45, 2.75) is 26.3 Å². The summed E-state index contributed by atoms with van der Waals surface area (Å²) < 4.78 is 0. The molecule has 2 nitrogen and oxygen atoms in total. The van der Waals surface area contributed by atoms with Crippen LogP contribution in [-0.2, 0) is 6.42 Å². The maximum absolute atomic E-state index is 4.32. The first-order chi connectivity index (χ1) is 8.75. The summed E-state index contributed by atoms with van der Waals surface area (Å²) in [5.41, 5.74) is 3.78. The molecule has 0 saturated heterocycles. The quantitative estimate of drug-likeness (QED) is 0.867. The molecule has 1 aromatic carbocycles. The van der Waals surface area contributed by atoms with E-state index >= 15 is 0 Å². The van der Waals surface area contributed by atoms with Crippen molar-refractivity contribution in [3.8, 4) is 0 Å². The predicted molar refractivity (Wildman–Crippen MR) is 75.5 cm³/mol. The largest absolute Gasteiger partial charge is 0.310 e. The molecule has 0 spiro atoms. The van der Waals surface area contributed by atoms with E-state index < -0.39 is 0 Å². The molecule has 0 radical (unpaired) electrons. The van der Waals surface area contributed by atoms with Crippen LogP contribution in [0.4, 0.5) is 0 Å². The van der Waals surface area contributed by atoms with Gasteiger partial charge in [-0.25, -0.2) is 0 Å². The van der Waals surface area contributed by atoms with E-state index in [1.54, 1.807) is 0 Å². The molecule has 0 bridgehead atoms. The Morgan fingerprint density at radius 3 is 2.56 bits per heavy atom. The van der Waals surface area contributed by atoms with E-state index in [0.717, 1.165) is 18.7 Å². The number of rotatable bonds is 5. The highest BCUT2D eigenvalue weighted by Crippen LogP contribution is 2.12. The van der Waals surface area contributed by atoms with Gasteiger partial charge in [0.1, 0.15) is 0 Å². The molecule has 0 aliphatic heterocycles. The second-order valence-electron chi connectivity index (χ2n) is 4.66. The van der Waals surface area contributed by atoms with Crippen molar-refractivity contribution in [3.63, 3.8) is 0 Å². The Morgan fingerprint density at radius 1 is 1.11 bits per heavy atom. The van der Waals surface area contributed by atoms with Crippen LogP contribution in [0.1, 0.15) is 29.8 Å². The standard InChI is InChI=1S/C16H20N2/c1-13-6-8-15(9-7-13)14(2)17-12-10-16-5-3-4-11-18-16/h3-9,11,14,17H,10,12H2,1-2H3/t14-/m1/s1. The van der Waals surface area contributed by atoms with Gasteiger partial charge in [-0.2, -0.15) is 0 Å². The number of aryl methyl sites for hydroxylation is 1. The van der Waals surface area contributed by atoms with Crippen molar-refractivity contribution in [2.75, 3.05) is 6.54 Å². The van der Waals surface area contributed by atoms with Crippen LogP contribution < -0.4 is 5.32 Å². The Morgan fingerprint density at radius 2 is 1.89 bits per heavy atom. The summed E-state index contributed by atoms with van der Waals surface area (Å²) in [4.78, 5) is 4.32. The molecule has 0 aliphatic carbocycles. The maximum atomic E-state index is 4.32. The summed E-state index contributed by atoms with van der Waals surface area (Å²) >= 11 is 0. The highest BCUT2D eigenvalue weighted by Gasteiger charge is 2.03. The van der Waals surface area contributed by atoms with Crippen LogP contribution in [0, 0.1) is 6.92 Å². The molecule has 94 valence electrons. The minimum Gasteiger partial charge on any atom is -0.310 e. The van der Waals surface area contributed by atoms with Crippen LogP contribution >= 0.6 is 0 Å². The number of hydrogen-bond donors (Lipinski definition) is 1. The number of aromatic nitrogens is 1. The van der Waals surface area contributed by atoms with Crippen molar-refractivity contribution in [1.82, 2.24) is 10.3 Å². The van der Waals surface area contributed by atoms with E-state index in [1.165, 1.54) is 11.1 Å². The lowest BCUT2D eigenvalue weighted by Gasteiger charge is -2.14. The molecule has 0 saturated carbocycles. The molecule has 2 rings (SSSR count). The van der Waals surface area contributed by atoms with Gasteiger partial charge in [-0.3, -0.25) is 4.98 Å². The fourth-order valence-corrected chi connectivity index (χ4v) is 1.94. The first kappa shape index (κ1) is 12.8. The van der Waals surface area contributed by atoms with Gasteiger partial charge in [0.2, 0.25) is 0 Å². The van der Waals surface area contributed by atoms with Crippen LogP contribution in [0.25, 0.3) is 0 Å². The van der Waals surface area contributed by atoms with E-state index in [4.69, 9.17) is 0 Å². The zero-order valence-electron chi connectivity index (χ0n) is 11.1. The summed E-state index contributed by atoms with van der Waals surface area (Å²) in [5, 5.41) is 3.53. The summed E-state index contributed by atoms with van der Waals surface area (Å²) in [6.45, 7) is 5.26. The number of nitrogens with zero attached hydrogens (tertiary/aromatic N) is 1. The Balaban J connectivity index is 1.81. The van der Waals surface area contributed by atoms with E-state index in [-0.39, 0.29) is 0 Å². The Kier molecular flexibility index (Phi) is 4.48. The fourth-order valence-electron chi connectivity index (χ4n) is 1.94. The number of hydrogen-bond acceptors (Lipinski definition) is 2. The third kappa shape index (κ3) is 3.67. The topological polar surface area (TPSA) is 24.9 Å². The molecule has 1 aromatic heterocycles. The van der Waals surface area contributed by atoms with Gasteiger partial charge in [0, 0.05) is 30.9 Å². The first-order valence-corrected chi connectivity index (χ1v) is 6.45. The minimum absolute atomic E-state index is 0.384. The van der Waals surface area contributed by atoms with Gasteiger partial charge in [-0.1, -0.05) is 35.9 Å². The zero-order valence-corrected chi connectivity index (χ0v) is 11.1. The molecule has 1 heterocycles. The van der Waals surface area contributed by atoms with Crippen molar-refractivity contribution in [3.05, 3.63) is 65.5 Å². The van der Waals surface area contributed by atoms with Crippen molar-refractivity contribution < 1.29 is 0 Å². The molecule has 0 aliphatic rings. The number of nitrogens with one attached hydrogen (secondary N) is 1. The van der Waals surface area contributed by atoms with E-state index in [2.05, 4.69) is 54.5 Å². The van der Waals surface area contributed by atoms with E-state index in [0.29, 0.717) is 6.04 Å². The predicted octanol–water partition coefficient (Wildman–Crippen LogP) is 3.28. The summed E-state index contributed by atoms with van der Waals surface area (Å²) in [5.74, 6) is 0. The lowest BCUT2D eigenvalue weighted by molar-refractivity contribution is 0.574. The Bertz CT molecular complexity index is 462. The van der Waals surface area contributed by atoms with Gasteiger partial charge in [0.25, 0.3) is 0 Å². The Hall–Kier alpha value is -1.67. The highest BCUT2D eigenvalue weighted by atomic mass is 14.9. The third-order valence-electron chi connectivity index (χ3n) is 3.14. The van der Waals surface area contributed by atoms with Crippen LogP contribution in [0.15, 0.2) is 48.7 Å². The second kappa shape index (κ2) is 6.31. The molecule has 2 heteroatoms. The molecule has 2 aromatic rings. The smallest absolute Gasteiger partial charge is 0.0416 e. The highest BCUT2D eigenvalue weighted by molar-refractivity contribution is 5.23. The van der Waals surface area contributed by atoms with Crippen molar-refractivity contribution >= 4 is 0 Å². The molecular formula is C16H20N2. The van der Waals surface area contributed by atoms with Gasteiger partial charge in [-0.05, 0) is 31.5 Å². The normalized spacial score (nSPS) is 12.3. The molecule has 0 unspecified atom stereocenters. The monoisotopic (exact) mass is 240 g/mol. The summed E-state index contributed by atoms with van der Waals surface area (Å²) in [7, 11) is 0. The second-order valence-corrected chi connectivity index (χ2v) is 4.66. The third-order valence-corrected chi connectivity index (χ3v) is 3.14. The molecule has 18 heavy (non-hydrogen) atoms. The fraction of sp³-hybridized carbons (Fsp3) is 0.312. The van der Waals surface area contributed by atoms with Crippen LogP contribution in [-0.4, -0.2) is 11.5 Å². The van der Waals surface area contributed by atoms with Crippen LogP contribution in [0.2, 0.25) is 0 Å². The van der Waals surface area contributed by atoms with Gasteiger partial charge in [0.15, 0.2) is 0 Å². The minimum atomic E-state index is 0.384. The van der Waals surface area contributed by atoms with Gasteiger partial charge in [0.05, 0.1) is 0 Å².